The molecule has 128 valence electrons. The number of benzene rings is 1. The zero-order chi connectivity index (χ0) is 17.5. The third kappa shape index (κ3) is 2.77. The molecule has 0 aliphatic carbocycles. The Bertz CT molecular complexity index is 845. The number of halogens is 3. The molecule has 1 aliphatic rings. The van der Waals surface area contributed by atoms with Gasteiger partial charge in [-0.2, -0.15) is 13.2 Å². The molecule has 1 aromatic heterocycles. The lowest BCUT2D eigenvalue weighted by molar-refractivity contribution is -0.271. The van der Waals surface area contributed by atoms with E-state index < -0.39 is 36.3 Å². The van der Waals surface area contributed by atoms with Gasteiger partial charge in [0.25, 0.3) is 5.91 Å². The van der Waals surface area contributed by atoms with Crippen LogP contribution in [0.15, 0.2) is 39.5 Å². The van der Waals surface area contributed by atoms with Gasteiger partial charge in [-0.25, -0.2) is 4.79 Å². The van der Waals surface area contributed by atoms with E-state index >= 15 is 0 Å². The number of likely N-dealkylation sites (tertiary alicyclic amines) is 1. The van der Waals surface area contributed by atoms with E-state index in [0.717, 1.165) is 4.90 Å². The maximum Gasteiger partial charge on any atom is 0.418 e. The summed E-state index contributed by atoms with van der Waals surface area (Å²) in [6.07, 6.45) is -5.31. The van der Waals surface area contributed by atoms with E-state index in [-0.39, 0.29) is 24.1 Å². The Balaban J connectivity index is 1.93. The number of fused-ring (bicyclic) bond motifs is 1. The summed E-state index contributed by atoms with van der Waals surface area (Å²) >= 11 is 0. The summed E-state index contributed by atoms with van der Waals surface area (Å²) in [7, 11) is 0. The van der Waals surface area contributed by atoms with E-state index in [4.69, 9.17) is 4.42 Å². The molecule has 1 unspecified atom stereocenters. The smallest absolute Gasteiger partial charge is 0.417 e. The summed E-state index contributed by atoms with van der Waals surface area (Å²) < 4.78 is 43.9. The van der Waals surface area contributed by atoms with Gasteiger partial charge in [0.05, 0.1) is 11.9 Å². The van der Waals surface area contributed by atoms with E-state index in [1.807, 2.05) is 0 Å². The van der Waals surface area contributed by atoms with Crippen LogP contribution in [0.5, 0.6) is 0 Å². The van der Waals surface area contributed by atoms with Crippen molar-refractivity contribution in [1.82, 2.24) is 4.90 Å². The van der Waals surface area contributed by atoms with Crippen molar-refractivity contribution in [3.63, 3.8) is 0 Å². The first-order valence-electron chi connectivity index (χ1n) is 7.32. The molecule has 0 spiro atoms. The monoisotopic (exact) mass is 341 g/mol. The molecule has 24 heavy (non-hydrogen) atoms. The molecule has 0 radical (unpaired) electrons. The largest absolute Gasteiger partial charge is 0.418 e. The van der Waals surface area contributed by atoms with Gasteiger partial charge in [-0.1, -0.05) is 18.2 Å². The highest BCUT2D eigenvalue weighted by molar-refractivity contribution is 5.95. The standard InChI is InChI=1S/C16H14F3NO4/c17-16(18,19)15(23)6-3-7-20(9-15)13(21)12-8-10-4-1-2-5-11(10)14(22)24-12/h1-2,4-5,8,23H,3,6-7,9H2. The summed E-state index contributed by atoms with van der Waals surface area (Å²) in [5, 5.41) is 10.5. The van der Waals surface area contributed by atoms with E-state index in [2.05, 4.69) is 0 Å². The first-order valence-corrected chi connectivity index (χ1v) is 7.32. The van der Waals surface area contributed by atoms with Crippen LogP contribution in [0.4, 0.5) is 13.2 Å². The van der Waals surface area contributed by atoms with E-state index in [1.54, 1.807) is 18.2 Å². The molecule has 1 fully saturated rings. The summed E-state index contributed by atoms with van der Waals surface area (Å²) in [5.41, 5.74) is -3.68. The third-order valence-corrected chi connectivity index (χ3v) is 4.17. The zero-order valence-corrected chi connectivity index (χ0v) is 12.5. The lowest BCUT2D eigenvalue weighted by Gasteiger charge is -2.39. The summed E-state index contributed by atoms with van der Waals surface area (Å²) in [4.78, 5) is 25.2. The number of β-amino-alcohol motifs (C(OH)–C–C–N with tert-alkyl or cyclic N) is 1. The maximum atomic E-state index is 13.0. The van der Waals surface area contributed by atoms with Gasteiger partial charge in [-0.15, -0.1) is 0 Å². The third-order valence-electron chi connectivity index (χ3n) is 4.17. The number of nitrogens with zero attached hydrogens (tertiary/aromatic N) is 1. The highest BCUT2D eigenvalue weighted by Gasteiger charge is 2.56. The minimum atomic E-state index is -4.84. The fourth-order valence-electron chi connectivity index (χ4n) is 2.84. The van der Waals surface area contributed by atoms with Crippen LogP contribution >= 0.6 is 0 Å². The Morgan fingerprint density at radius 1 is 1.29 bits per heavy atom. The molecule has 0 bridgehead atoms. The lowest BCUT2D eigenvalue weighted by atomic mass is 9.92. The van der Waals surface area contributed by atoms with Crippen LogP contribution < -0.4 is 5.63 Å². The molecule has 3 rings (SSSR count). The molecular formula is C16H14F3NO4. The SMILES string of the molecule is O=C(c1cc2ccccc2c(=O)o1)N1CCCC(O)(C(F)(F)F)C1. The van der Waals surface area contributed by atoms with Crippen LogP contribution in [0.2, 0.25) is 0 Å². The molecule has 2 heterocycles. The Labute approximate surface area is 134 Å². The first kappa shape index (κ1) is 16.5. The molecule has 2 aromatic rings. The van der Waals surface area contributed by atoms with Crippen LogP contribution in [-0.4, -0.2) is 40.8 Å². The topological polar surface area (TPSA) is 70.8 Å². The molecule has 8 heteroatoms. The van der Waals surface area contributed by atoms with E-state index in [0.29, 0.717) is 5.39 Å². The molecule has 1 saturated heterocycles. The fourth-order valence-corrected chi connectivity index (χ4v) is 2.84. The average molecular weight is 341 g/mol. The number of carbonyl (C=O) groups is 1. The molecule has 1 N–H and O–H groups in total. The summed E-state index contributed by atoms with van der Waals surface area (Å²) in [5.74, 6) is -1.19. The Morgan fingerprint density at radius 2 is 2.00 bits per heavy atom. The molecule has 0 saturated carbocycles. The van der Waals surface area contributed by atoms with Gasteiger partial charge in [-0.05, 0) is 30.4 Å². The van der Waals surface area contributed by atoms with E-state index in [1.165, 1.54) is 12.1 Å². The van der Waals surface area contributed by atoms with Gasteiger partial charge in [0.2, 0.25) is 0 Å². The molecule has 1 aliphatic heterocycles. The van der Waals surface area contributed by atoms with Crippen molar-refractivity contribution >= 4 is 16.7 Å². The predicted octanol–water partition coefficient (Wildman–Crippen LogP) is 2.32. The Kier molecular flexibility index (Phi) is 3.87. The predicted molar refractivity (Wildman–Crippen MR) is 78.6 cm³/mol. The van der Waals surface area contributed by atoms with Gasteiger partial charge < -0.3 is 14.4 Å². The average Bonchev–Trinajstić information content (AvgIpc) is 2.53. The van der Waals surface area contributed by atoms with E-state index in [9.17, 15) is 27.9 Å². The normalized spacial score (nSPS) is 21.9. The molecular weight excluding hydrogens is 327 g/mol. The van der Waals surface area contributed by atoms with Crippen molar-refractivity contribution < 1.29 is 27.5 Å². The van der Waals surface area contributed by atoms with Crippen molar-refractivity contribution in [2.24, 2.45) is 0 Å². The van der Waals surface area contributed by atoms with Crippen LogP contribution in [0.25, 0.3) is 10.8 Å². The second-order valence-corrected chi connectivity index (χ2v) is 5.84. The number of rotatable bonds is 1. The molecule has 1 amide bonds. The van der Waals surface area contributed by atoms with Crippen molar-refractivity contribution in [3.8, 4) is 0 Å². The number of aliphatic hydroxyl groups is 1. The van der Waals surface area contributed by atoms with Gasteiger partial charge in [0.15, 0.2) is 11.4 Å². The minimum Gasteiger partial charge on any atom is -0.417 e. The van der Waals surface area contributed by atoms with Gasteiger partial charge in [0.1, 0.15) is 0 Å². The summed E-state index contributed by atoms with van der Waals surface area (Å²) in [6.45, 7) is -0.834. The van der Waals surface area contributed by atoms with Gasteiger partial charge in [-0.3, -0.25) is 4.79 Å². The van der Waals surface area contributed by atoms with Gasteiger partial charge >= 0.3 is 11.8 Å². The molecule has 1 aromatic carbocycles. The van der Waals surface area contributed by atoms with Gasteiger partial charge in [0, 0.05) is 6.54 Å². The minimum absolute atomic E-state index is 0.000433. The quantitative estimate of drug-likeness (QED) is 0.864. The second-order valence-electron chi connectivity index (χ2n) is 5.84. The first-order chi connectivity index (χ1) is 11.2. The number of alkyl halides is 3. The number of amides is 1. The van der Waals surface area contributed by atoms with Crippen molar-refractivity contribution in [1.29, 1.82) is 0 Å². The second kappa shape index (κ2) is 5.62. The van der Waals surface area contributed by atoms with Crippen LogP contribution in [-0.2, 0) is 0 Å². The number of carbonyl (C=O) groups excluding carboxylic acids is 1. The lowest BCUT2D eigenvalue weighted by Crippen LogP contribution is -2.58. The number of piperidine rings is 1. The van der Waals surface area contributed by atoms with Crippen LogP contribution in [0, 0.1) is 0 Å². The Morgan fingerprint density at radius 3 is 2.71 bits per heavy atom. The highest BCUT2D eigenvalue weighted by atomic mass is 19.4. The summed E-state index contributed by atoms with van der Waals surface area (Å²) in [6, 6.07) is 7.75. The highest BCUT2D eigenvalue weighted by Crippen LogP contribution is 2.37. The zero-order valence-electron chi connectivity index (χ0n) is 12.5. The van der Waals surface area contributed by atoms with Crippen molar-refractivity contribution in [2.45, 2.75) is 24.6 Å². The van der Waals surface area contributed by atoms with Crippen molar-refractivity contribution in [2.75, 3.05) is 13.1 Å². The molecule has 1 atom stereocenters. The number of hydrogen-bond donors (Lipinski definition) is 1. The number of hydrogen-bond acceptors (Lipinski definition) is 4. The van der Waals surface area contributed by atoms with Crippen molar-refractivity contribution in [3.05, 3.63) is 46.5 Å². The fraction of sp³-hybridized carbons (Fsp3) is 0.375. The van der Waals surface area contributed by atoms with Crippen LogP contribution in [0.3, 0.4) is 0 Å². The maximum absolute atomic E-state index is 13.0. The molecule has 5 nitrogen and oxygen atoms in total. The Hall–Kier alpha value is -2.35. The van der Waals surface area contributed by atoms with Crippen LogP contribution in [0.1, 0.15) is 23.4 Å².